The number of hydrogen-bond acceptors (Lipinski definition) is 3. The van der Waals surface area contributed by atoms with Crippen LogP contribution in [0.4, 0.5) is 0 Å². The molecule has 0 heterocycles. The van der Waals surface area contributed by atoms with Gasteiger partial charge in [0.05, 0.1) is 6.54 Å². The summed E-state index contributed by atoms with van der Waals surface area (Å²) in [7, 11) is 1.00. The van der Waals surface area contributed by atoms with E-state index in [0.29, 0.717) is 0 Å². The summed E-state index contributed by atoms with van der Waals surface area (Å²) in [5.41, 5.74) is 5.89. The number of carboxylic acid groups (broad SMARTS) is 1. The molecule has 4 N–H and O–H groups in total. The summed E-state index contributed by atoms with van der Waals surface area (Å²) in [5, 5.41) is 14.6. The summed E-state index contributed by atoms with van der Waals surface area (Å²) in [6.45, 7) is 11.6. The van der Waals surface area contributed by atoms with Crippen LogP contribution in [-0.2, 0) is 4.79 Å². The Morgan fingerprint density at radius 2 is 1.74 bits per heavy atom. The third kappa shape index (κ3) is 38.4. The topological polar surface area (TPSA) is 83.5 Å². The molecule has 0 aliphatic carbocycles. The van der Waals surface area contributed by atoms with E-state index >= 15 is 0 Å². The Hall–Kier alpha value is -1.39. The Morgan fingerprint density at radius 1 is 1.32 bits per heavy atom. The van der Waals surface area contributed by atoms with Crippen molar-refractivity contribution in [1.82, 2.24) is 0 Å². The summed E-state index contributed by atoms with van der Waals surface area (Å²) >= 11 is 0. The highest BCUT2D eigenvalue weighted by molar-refractivity contribution is 5.68. The number of carbonyl (C=O) groups is 1. The van der Waals surface area contributed by atoms with E-state index in [9.17, 15) is 4.79 Å². The van der Waals surface area contributed by atoms with Gasteiger partial charge in [-0.2, -0.15) is 0 Å². The minimum absolute atomic E-state index is 0.278. The highest BCUT2D eigenvalue weighted by Gasteiger charge is 1.84. The average molecular weight is 273 g/mol. The Morgan fingerprint density at radius 3 is 1.95 bits per heavy atom. The van der Waals surface area contributed by atoms with Crippen LogP contribution in [0, 0.1) is 0 Å². The first-order valence-electron chi connectivity index (χ1n) is 6.43. The molecular formula is C15H31NO3. The largest absolute Gasteiger partial charge is 0.480 e. The lowest BCUT2D eigenvalue weighted by atomic mass is 10.1. The van der Waals surface area contributed by atoms with Crippen molar-refractivity contribution in [2.24, 2.45) is 5.73 Å². The molecule has 0 unspecified atom stereocenters. The predicted octanol–water partition coefficient (Wildman–Crippen LogP) is 3.14. The fraction of sp³-hybridized carbons (Fsp3) is 0.533. The molecule has 0 spiro atoms. The Balaban J connectivity index is -0.000000105. The lowest BCUT2D eigenvalue weighted by Gasteiger charge is -1.94. The molecule has 0 aliphatic heterocycles. The van der Waals surface area contributed by atoms with Crippen LogP contribution in [0.1, 0.15) is 40.5 Å². The van der Waals surface area contributed by atoms with Gasteiger partial charge in [0.25, 0.3) is 0 Å². The number of nitrogens with two attached hydrogens (primary N) is 1. The first kappa shape index (κ1) is 26.2. The van der Waals surface area contributed by atoms with Crippen LogP contribution in [0.3, 0.4) is 0 Å². The molecule has 0 aromatic carbocycles. The predicted molar refractivity (Wildman–Crippen MR) is 84.2 cm³/mol. The summed E-state index contributed by atoms with van der Waals surface area (Å²) < 4.78 is 0. The summed E-state index contributed by atoms with van der Waals surface area (Å²) in [5.74, 6) is -0.968. The zero-order valence-electron chi connectivity index (χ0n) is 13.0. The zero-order chi connectivity index (χ0) is 16.1. The molecule has 0 aromatic heterocycles. The Labute approximate surface area is 118 Å². The SMILES string of the molecule is C=C/C(=C\C=C/C)CCC.CC.CO.NCC(=O)O. The van der Waals surface area contributed by atoms with Crippen LogP contribution in [-0.4, -0.2) is 29.8 Å². The van der Waals surface area contributed by atoms with Gasteiger partial charge in [0, 0.05) is 7.11 Å². The van der Waals surface area contributed by atoms with Crippen molar-refractivity contribution in [3.63, 3.8) is 0 Å². The van der Waals surface area contributed by atoms with E-state index in [4.69, 9.17) is 10.2 Å². The molecule has 0 amide bonds. The normalized spacial score (nSPS) is 9.11. The second-order valence-corrected chi connectivity index (χ2v) is 2.82. The van der Waals surface area contributed by atoms with Gasteiger partial charge in [-0.15, -0.1) is 0 Å². The molecule has 0 bridgehead atoms. The van der Waals surface area contributed by atoms with Gasteiger partial charge in [-0.25, -0.2) is 0 Å². The molecule has 0 fully saturated rings. The van der Waals surface area contributed by atoms with E-state index in [1.807, 2.05) is 39.0 Å². The molecule has 4 nitrogen and oxygen atoms in total. The third-order valence-corrected chi connectivity index (χ3v) is 1.48. The molecule has 0 aliphatic rings. The van der Waals surface area contributed by atoms with Crippen molar-refractivity contribution in [2.75, 3.05) is 13.7 Å². The highest BCUT2D eigenvalue weighted by Crippen LogP contribution is 2.04. The number of aliphatic hydroxyl groups is 1. The van der Waals surface area contributed by atoms with E-state index in [0.717, 1.165) is 13.5 Å². The van der Waals surface area contributed by atoms with E-state index in [1.54, 1.807) is 0 Å². The van der Waals surface area contributed by atoms with Crippen LogP contribution < -0.4 is 5.73 Å². The van der Waals surface area contributed by atoms with Gasteiger partial charge in [-0.1, -0.05) is 58.1 Å². The van der Waals surface area contributed by atoms with Crippen molar-refractivity contribution in [1.29, 1.82) is 0 Å². The zero-order valence-corrected chi connectivity index (χ0v) is 13.0. The number of rotatable bonds is 5. The molecule has 0 aromatic rings. The lowest BCUT2D eigenvalue weighted by Crippen LogP contribution is -2.10. The van der Waals surface area contributed by atoms with Gasteiger partial charge in [0.15, 0.2) is 0 Å². The molecule has 114 valence electrons. The molecule has 0 radical (unpaired) electrons. The Bertz CT molecular complexity index is 234. The number of allylic oxidation sites excluding steroid dienone is 5. The van der Waals surface area contributed by atoms with Crippen molar-refractivity contribution >= 4 is 5.97 Å². The number of hydrogen-bond donors (Lipinski definition) is 3. The van der Waals surface area contributed by atoms with Crippen molar-refractivity contribution in [3.8, 4) is 0 Å². The van der Waals surface area contributed by atoms with E-state index in [1.165, 1.54) is 12.0 Å². The second-order valence-electron chi connectivity index (χ2n) is 2.82. The van der Waals surface area contributed by atoms with Crippen molar-refractivity contribution in [3.05, 3.63) is 36.5 Å². The minimum atomic E-state index is -0.968. The van der Waals surface area contributed by atoms with Crippen LogP contribution in [0.5, 0.6) is 0 Å². The first-order chi connectivity index (χ1) is 9.12. The lowest BCUT2D eigenvalue weighted by molar-refractivity contribution is -0.135. The van der Waals surface area contributed by atoms with Crippen LogP contribution >= 0.6 is 0 Å². The molecule has 19 heavy (non-hydrogen) atoms. The molecule has 0 atom stereocenters. The number of aliphatic carboxylic acids is 1. The molecule has 0 saturated carbocycles. The molecule has 0 rings (SSSR count). The summed E-state index contributed by atoms with van der Waals surface area (Å²) in [6.07, 6.45) is 10.4. The summed E-state index contributed by atoms with van der Waals surface area (Å²) in [6, 6.07) is 0. The average Bonchev–Trinajstić information content (AvgIpc) is 2.48. The smallest absolute Gasteiger partial charge is 0.317 e. The van der Waals surface area contributed by atoms with Gasteiger partial charge in [0.2, 0.25) is 0 Å². The van der Waals surface area contributed by atoms with Gasteiger partial charge in [0.1, 0.15) is 0 Å². The quantitative estimate of drug-likeness (QED) is 0.672. The van der Waals surface area contributed by atoms with Gasteiger partial charge in [-0.05, 0) is 18.9 Å². The molecule has 0 saturated heterocycles. The highest BCUT2D eigenvalue weighted by atomic mass is 16.4. The van der Waals surface area contributed by atoms with Crippen LogP contribution in [0.25, 0.3) is 0 Å². The Kier molecular flexibility index (Phi) is 41.5. The maximum Gasteiger partial charge on any atom is 0.317 e. The van der Waals surface area contributed by atoms with Crippen LogP contribution in [0.2, 0.25) is 0 Å². The molecular weight excluding hydrogens is 242 g/mol. The van der Waals surface area contributed by atoms with Gasteiger partial charge in [-0.3, -0.25) is 4.79 Å². The maximum absolute atomic E-state index is 9.24. The second kappa shape index (κ2) is 30.0. The van der Waals surface area contributed by atoms with E-state index in [2.05, 4.69) is 25.3 Å². The van der Waals surface area contributed by atoms with E-state index < -0.39 is 5.97 Å². The molecule has 4 heteroatoms. The monoisotopic (exact) mass is 273 g/mol. The van der Waals surface area contributed by atoms with Crippen LogP contribution in [0.15, 0.2) is 36.5 Å². The van der Waals surface area contributed by atoms with Gasteiger partial charge >= 0.3 is 5.97 Å². The van der Waals surface area contributed by atoms with Crippen molar-refractivity contribution < 1.29 is 15.0 Å². The minimum Gasteiger partial charge on any atom is -0.480 e. The van der Waals surface area contributed by atoms with Gasteiger partial charge < -0.3 is 15.9 Å². The van der Waals surface area contributed by atoms with Crippen molar-refractivity contribution in [2.45, 2.75) is 40.5 Å². The first-order valence-corrected chi connectivity index (χ1v) is 6.43. The third-order valence-electron chi connectivity index (χ3n) is 1.48. The number of aliphatic hydroxyl groups excluding tert-OH is 1. The fourth-order valence-corrected chi connectivity index (χ4v) is 0.762. The standard InChI is InChI=1S/C10H16.C2H5NO2.C2H6.CH4O/c1-4-7-9-10(6-3)8-5-2;3-1-2(4)5;2*1-2/h4,6-7,9H,3,5,8H2,1-2H3;1,3H2,(H,4,5);1-2H3;2H,1H3/b7-4-,10-9+;;;. The fourth-order valence-electron chi connectivity index (χ4n) is 0.762. The number of carboxylic acids is 1. The van der Waals surface area contributed by atoms with E-state index in [-0.39, 0.29) is 6.54 Å². The maximum atomic E-state index is 9.24. The summed E-state index contributed by atoms with van der Waals surface area (Å²) in [4.78, 5) is 9.24.